The van der Waals surface area contributed by atoms with Crippen molar-refractivity contribution in [2.24, 2.45) is 0 Å². The molecule has 1 saturated heterocycles. The normalized spacial score (nSPS) is 17.5. The summed E-state index contributed by atoms with van der Waals surface area (Å²) in [6.07, 6.45) is 0. The first-order valence-corrected chi connectivity index (χ1v) is 5.59. The third-order valence-electron chi connectivity index (χ3n) is 1.48. The Morgan fingerprint density at radius 1 is 1.58 bits per heavy atom. The van der Waals surface area contributed by atoms with Gasteiger partial charge in [0.2, 0.25) is 5.91 Å². The van der Waals surface area contributed by atoms with Crippen molar-refractivity contribution >= 4 is 50.5 Å². The fraction of sp³-hybridized carbons (Fsp3) is 0.143. The minimum Gasteiger partial charge on any atom is -0.273 e. The summed E-state index contributed by atoms with van der Waals surface area (Å²) in [5, 5.41) is 2.86. The van der Waals surface area contributed by atoms with Gasteiger partial charge in [-0.1, -0.05) is 24.0 Å². The SMILES string of the molecule is O=C1CSC(=S)N1c1cccs1. The van der Waals surface area contributed by atoms with Crippen LogP contribution in [0.1, 0.15) is 0 Å². The van der Waals surface area contributed by atoms with Crippen LogP contribution in [0.15, 0.2) is 17.5 Å². The highest BCUT2D eigenvalue weighted by Crippen LogP contribution is 2.29. The van der Waals surface area contributed by atoms with Crippen molar-refractivity contribution in [3.05, 3.63) is 17.5 Å². The lowest BCUT2D eigenvalue weighted by atomic mass is 10.5. The van der Waals surface area contributed by atoms with E-state index in [0.29, 0.717) is 10.1 Å². The van der Waals surface area contributed by atoms with Gasteiger partial charge in [0, 0.05) is 0 Å². The van der Waals surface area contributed by atoms with Crippen LogP contribution in [0.4, 0.5) is 5.00 Å². The molecule has 0 spiro atoms. The molecule has 1 aromatic rings. The van der Waals surface area contributed by atoms with E-state index in [0.717, 1.165) is 5.00 Å². The van der Waals surface area contributed by atoms with Crippen molar-refractivity contribution in [3.8, 4) is 0 Å². The maximum Gasteiger partial charge on any atom is 0.243 e. The zero-order valence-electron chi connectivity index (χ0n) is 6.02. The van der Waals surface area contributed by atoms with Crippen LogP contribution in [0.25, 0.3) is 0 Å². The van der Waals surface area contributed by atoms with Gasteiger partial charge in [0.15, 0.2) is 0 Å². The maximum absolute atomic E-state index is 11.3. The monoisotopic (exact) mass is 215 g/mol. The van der Waals surface area contributed by atoms with Crippen LogP contribution in [-0.4, -0.2) is 16.0 Å². The van der Waals surface area contributed by atoms with Crippen molar-refractivity contribution in [1.82, 2.24) is 0 Å². The fourth-order valence-corrected chi connectivity index (χ4v) is 2.91. The number of carbonyl (C=O) groups excluding carboxylic acids is 1. The summed E-state index contributed by atoms with van der Waals surface area (Å²) in [7, 11) is 0. The van der Waals surface area contributed by atoms with Gasteiger partial charge >= 0.3 is 0 Å². The van der Waals surface area contributed by atoms with E-state index in [1.165, 1.54) is 23.1 Å². The first kappa shape index (κ1) is 8.22. The highest BCUT2D eigenvalue weighted by molar-refractivity contribution is 8.24. The third kappa shape index (κ3) is 1.28. The Labute approximate surface area is 83.6 Å². The number of nitrogens with zero attached hydrogens (tertiary/aromatic N) is 1. The number of hydrogen-bond donors (Lipinski definition) is 0. The molecule has 1 amide bonds. The summed E-state index contributed by atoms with van der Waals surface area (Å²) in [6, 6.07) is 3.82. The molecule has 2 rings (SSSR count). The van der Waals surface area contributed by atoms with Crippen molar-refractivity contribution in [2.45, 2.75) is 0 Å². The highest BCUT2D eigenvalue weighted by atomic mass is 32.2. The number of thioether (sulfide) groups is 1. The molecular formula is C7H5NOS3. The van der Waals surface area contributed by atoms with Crippen LogP contribution in [-0.2, 0) is 4.79 Å². The molecule has 1 aromatic heterocycles. The predicted molar refractivity (Wildman–Crippen MR) is 56.9 cm³/mol. The molecule has 1 aliphatic heterocycles. The van der Waals surface area contributed by atoms with Crippen molar-refractivity contribution < 1.29 is 4.79 Å². The molecule has 5 heteroatoms. The van der Waals surface area contributed by atoms with E-state index in [2.05, 4.69) is 0 Å². The van der Waals surface area contributed by atoms with Crippen LogP contribution in [0.3, 0.4) is 0 Å². The molecule has 12 heavy (non-hydrogen) atoms. The van der Waals surface area contributed by atoms with Gasteiger partial charge in [-0.2, -0.15) is 0 Å². The summed E-state index contributed by atoms with van der Waals surface area (Å²) in [5.74, 6) is 0.573. The minimum absolute atomic E-state index is 0.0902. The van der Waals surface area contributed by atoms with E-state index in [9.17, 15) is 4.79 Å². The van der Waals surface area contributed by atoms with E-state index in [1.807, 2.05) is 17.5 Å². The largest absolute Gasteiger partial charge is 0.273 e. The number of carbonyl (C=O) groups is 1. The molecule has 0 aromatic carbocycles. The van der Waals surface area contributed by atoms with Crippen molar-refractivity contribution in [3.63, 3.8) is 0 Å². The second-order valence-electron chi connectivity index (χ2n) is 2.24. The van der Waals surface area contributed by atoms with Gasteiger partial charge < -0.3 is 0 Å². The highest BCUT2D eigenvalue weighted by Gasteiger charge is 2.28. The van der Waals surface area contributed by atoms with Gasteiger partial charge in [0.25, 0.3) is 0 Å². The van der Waals surface area contributed by atoms with Gasteiger partial charge in [-0.05, 0) is 17.5 Å². The Kier molecular flexibility index (Phi) is 2.16. The second-order valence-corrected chi connectivity index (χ2v) is 4.77. The molecule has 0 radical (unpaired) electrons. The van der Waals surface area contributed by atoms with Gasteiger partial charge in [0.05, 0.1) is 5.75 Å². The first-order chi connectivity index (χ1) is 5.79. The Morgan fingerprint density at radius 3 is 2.92 bits per heavy atom. The van der Waals surface area contributed by atoms with E-state index in [-0.39, 0.29) is 5.91 Å². The van der Waals surface area contributed by atoms with Gasteiger partial charge in [0.1, 0.15) is 9.32 Å². The van der Waals surface area contributed by atoms with Crippen LogP contribution < -0.4 is 4.90 Å². The fourth-order valence-electron chi connectivity index (χ4n) is 0.964. The number of anilines is 1. The van der Waals surface area contributed by atoms with Crippen LogP contribution in [0.2, 0.25) is 0 Å². The third-order valence-corrected chi connectivity index (χ3v) is 3.69. The Bertz CT molecular complexity index is 303. The number of rotatable bonds is 1. The molecular weight excluding hydrogens is 210 g/mol. The second kappa shape index (κ2) is 3.16. The van der Waals surface area contributed by atoms with Crippen molar-refractivity contribution in [2.75, 3.05) is 10.7 Å². The minimum atomic E-state index is 0.0902. The molecule has 1 fully saturated rings. The molecule has 0 N–H and O–H groups in total. The number of thiocarbonyl (C=S) groups is 1. The molecule has 0 unspecified atom stereocenters. The summed E-state index contributed by atoms with van der Waals surface area (Å²) in [6.45, 7) is 0. The Balaban J connectivity index is 2.34. The average molecular weight is 215 g/mol. The number of thiophene rings is 1. The van der Waals surface area contributed by atoms with Gasteiger partial charge in [-0.15, -0.1) is 11.3 Å². The smallest absolute Gasteiger partial charge is 0.243 e. The molecule has 0 saturated carbocycles. The molecule has 0 aliphatic carbocycles. The summed E-state index contributed by atoms with van der Waals surface area (Å²) >= 11 is 8.00. The lowest BCUT2D eigenvalue weighted by Crippen LogP contribution is -2.26. The van der Waals surface area contributed by atoms with Crippen LogP contribution in [0.5, 0.6) is 0 Å². The Hall–Kier alpha value is -0.390. The molecule has 0 atom stereocenters. The maximum atomic E-state index is 11.3. The lowest BCUT2D eigenvalue weighted by molar-refractivity contribution is -0.114. The molecule has 2 heterocycles. The van der Waals surface area contributed by atoms with Gasteiger partial charge in [-0.25, -0.2) is 0 Å². The topological polar surface area (TPSA) is 20.3 Å². The van der Waals surface area contributed by atoms with Crippen LogP contribution in [0, 0.1) is 0 Å². The summed E-state index contributed by atoms with van der Waals surface area (Å²) < 4.78 is 0.669. The predicted octanol–water partition coefficient (Wildman–Crippen LogP) is 2.11. The molecule has 1 aliphatic rings. The molecule has 0 bridgehead atoms. The average Bonchev–Trinajstić information content (AvgIpc) is 2.61. The standard InChI is InChI=1S/C7H5NOS3/c9-5-4-12-7(10)8(5)6-2-1-3-11-6/h1-3H,4H2. The summed E-state index contributed by atoms with van der Waals surface area (Å²) in [5.41, 5.74) is 0. The van der Waals surface area contributed by atoms with Gasteiger partial charge in [-0.3, -0.25) is 9.69 Å². The lowest BCUT2D eigenvalue weighted by Gasteiger charge is -2.10. The van der Waals surface area contributed by atoms with Crippen LogP contribution >= 0.6 is 35.3 Å². The van der Waals surface area contributed by atoms with E-state index >= 15 is 0 Å². The zero-order valence-corrected chi connectivity index (χ0v) is 8.47. The van der Waals surface area contributed by atoms with E-state index in [4.69, 9.17) is 12.2 Å². The zero-order chi connectivity index (χ0) is 8.55. The Morgan fingerprint density at radius 2 is 2.42 bits per heavy atom. The summed E-state index contributed by atoms with van der Waals surface area (Å²) in [4.78, 5) is 12.9. The molecule has 62 valence electrons. The quantitative estimate of drug-likeness (QED) is 0.669. The number of amides is 1. The van der Waals surface area contributed by atoms with Crippen molar-refractivity contribution in [1.29, 1.82) is 0 Å². The van der Waals surface area contributed by atoms with E-state index < -0.39 is 0 Å². The van der Waals surface area contributed by atoms with E-state index in [1.54, 1.807) is 4.90 Å². The molecule has 2 nitrogen and oxygen atoms in total. The number of hydrogen-bond acceptors (Lipinski definition) is 4. The first-order valence-electron chi connectivity index (χ1n) is 3.32.